The first kappa shape index (κ1) is 14.6. The molecule has 0 bridgehead atoms. The second-order valence-electron chi connectivity index (χ2n) is 6.86. The molecule has 116 valence electrons. The molecule has 0 radical (unpaired) electrons. The number of rotatable bonds is 4. The predicted molar refractivity (Wildman–Crippen MR) is 88.1 cm³/mol. The fraction of sp³-hybridized carbons (Fsp3) is 0.765. The molecule has 2 heterocycles. The maximum absolute atomic E-state index is 4.95. The van der Waals surface area contributed by atoms with Crippen LogP contribution in [0.5, 0.6) is 0 Å². The van der Waals surface area contributed by atoms with Crippen LogP contribution < -0.4 is 10.2 Å². The largest absolute Gasteiger partial charge is 0.370 e. The lowest BCUT2D eigenvalue weighted by molar-refractivity contribution is 0.375. The maximum atomic E-state index is 4.95. The van der Waals surface area contributed by atoms with Crippen LogP contribution in [0, 0.1) is 12.8 Å². The van der Waals surface area contributed by atoms with Gasteiger partial charge in [-0.05, 0) is 52.4 Å². The molecule has 4 nitrogen and oxygen atoms in total. The van der Waals surface area contributed by atoms with Crippen LogP contribution in [0.25, 0.3) is 0 Å². The van der Waals surface area contributed by atoms with E-state index >= 15 is 0 Å². The average Bonchev–Trinajstić information content (AvgIpc) is 3.26. The van der Waals surface area contributed by atoms with Gasteiger partial charge >= 0.3 is 0 Å². The van der Waals surface area contributed by atoms with E-state index in [9.17, 15) is 0 Å². The highest BCUT2D eigenvalue weighted by atomic mass is 15.2. The summed E-state index contributed by atoms with van der Waals surface area (Å²) in [5, 5.41) is 3.42. The molecule has 2 aliphatic rings. The van der Waals surface area contributed by atoms with Gasteiger partial charge in [-0.15, -0.1) is 0 Å². The van der Waals surface area contributed by atoms with Crippen LogP contribution in [-0.2, 0) is 0 Å². The van der Waals surface area contributed by atoms with E-state index in [-0.39, 0.29) is 0 Å². The van der Waals surface area contributed by atoms with Crippen LogP contribution in [0.4, 0.5) is 11.6 Å². The minimum atomic E-state index is 0.573. The number of nitrogens with zero attached hydrogens (tertiary/aromatic N) is 3. The van der Waals surface area contributed by atoms with E-state index in [1.54, 1.807) is 0 Å². The number of anilines is 2. The molecule has 2 unspecified atom stereocenters. The Bertz CT molecular complexity index is 510. The van der Waals surface area contributed by atoms with Crippen molar-refractivity contribution in [3.05, 3.63) is 11.4 Å². The van der Waals surface area contributed by atoms with Crippen LogP contribution in [0.3, 0.4) is 0 Å². The molecule has 0 aromatic carbocycles. The third-order valence-corrected chi connectivity index (χ3v) is 4.83. The van der Waals surface area contributed by atoms with Crippen LogP contribution in [-0.4, -0.2) is 29.1 Å². The fourth-order valence-electron chi connectivity index (χ4n) is 3.39. The second-order valence-corrected chi connectivity index (χ2v) is 6.86. The van der Waals surface area contributed by atoms with Gasteiger partial charge in [0.05, 0.1) is 0 Å². The first-order valence-corrected chi connectivity index (χ1v) is 8.49. The number of hydrogen-bond donors (Lipinski definition) is 1. The molecule has 21 heavy (non-hydrogen) atoms. The standard InChI is InChI=1S/C17H28N4/c1-5-18-15-13(4)17(20-16(19-15)14-6-7-14)21-9-8-11(2)10-12(21)3/h11-12,14H,5-10H2,1-4H3,(H,18,19,20). The predicted octanol–water partition coefficient (Wildman–Crippen LogP) is 3.72. The van der Waals surface area contributed by atoms with Crippen molar-refractivity contribution in [3.63, 3.8) is 0 Å². The van der Waals surface area contributed by atoms with E-state index in [0.29, 0.717) is 12.0 Å². The number of nitrogens with one attached hydrogen (secondary N) is 1. The summed E-state index contributed by atoms with van der Waals surface area (Å²) < 4.78 is 0. The lowest BCUT2D eigenvalue weighted by Gasteiger charge is -2.38. The van der Waals surface area contributed by atoms with Gasteiger partial charge in [0.15, 0.2) is 0 Å². The zero-order valence-electron chi connectivity index (χ0n) is 13.8. The van der Waals surface area contributed by atoms with Gasteiger partial charge in [0, 0.05) is 30.6 Å². The zero-order chi connectivity index (χ0) is 15.0. The normalized spacial score (nSPS) is 26.0. The summed E-state index contributed by atoms with van der Waals surface area (Å²) in [7, 11) is 0. The van der Waals surface area contributed by atoms with Crippen molar-refractivity contribution < 1.29 is 0 Å². The molecule has 1 aromatic heterocycles. The van der Waals surface area contributed by atoms with Crippen LogP contribution in [0.15, 0.2) is 0 Å². The summed E-state index contributed by atoms with van der Waals surface area (Å²) in [5.74, 6) is 4.69. The fourth-order valence-corrected chi connectivity index (χ4v) is 3.39. The van der Waals surface area contributed by atoms with Gasteiger partial charge in [0.1, 0.15) is 17.5 Å². The summed E-state index contributed by atoms with van der Waals surface area (Å²) in [6.07, 6.45) is 5.03. The lowest BCUT2D eigenvalue weighted by atomic mass is 9.93. The van der Waals surface area contributed by atoms with Crippen molar-refractivity contribution in [3.8, 4) is 0 Å². The van der Waals surface area contributed by atoms with Gasteiger partial charge in [-0.25, -0.2) is 9.97 Å². The van der Waals surface area contributed by atoms with Crippen molar-refractivity contribution in [2.24, 2.45) is 5.92 Å². The first-order chi connectivity index (χ1) is 10.1. The molecule has 1 aliphatic heterocycles. The van der Waals surface area contributed by atoms with Crippen molar-refractivity contribution in [2.75, 3.05) is 23.3 Å². The van der Waals surface area contributed by atoms with Crippen molar-refractivity contribution >= 4 is 11.6 Å². The molecule has 4 heteroatoms. The lowest BCUT2D eigenvalue weighted by Crippen LogP contribution is -2.41. The second kappa shape index (κ2) is 5.82. The number of hydrogen-bond acceptors (Lipinski definition) is 4. The van der Waals surface area contributed by atoms with Gasteiger partial charge in [0.2, 0.25) is 0 Å². The molecule has 2 fully saturated rings. The summed E-state index contributed by atoms with van der Waals surface area (Å²) in [6, 6.07) is 0.573. The summed E-state index contributed by atoms with van der Waals surface area (Å²) in [4.78, 5) is 12.2. The molecule has 3 rings (SSSR count). The highest BCUT2D eigenvalue weighted by Gasteiger charge is 2.31. The van der Waals surface area contributed by atoms with Crippen molar-refractivity contribution in [1.82, 2.24) is 9.97 Å². The molecule has 1 N–H and O–H groups in total. The Morgan fingerprint density at radius 2 is 1.95 bits per heavy atom. The topological polar surface area (TPSA) is 41.1 Å². The quantitative estimate of drug-likeness (QED) is 0.917. The third kappa shape index (κ3) is 2.99. The smallest absolute Gasteiger partial charge is 0.137 e. The summed E-state index contributed by atoms with van der Waals surface area (Å²) in [6.45, 7) is 11.0. The molecule has 0 amide bonds. The minimum Gasteiger partial charge on any atom is -0.370 e. The summed E-state index contributed by atoms with van der Waals surface area (Å²) in [5.41, 5.74) is 1.21. The molecular formula is C17H28N4. The van der Waals surface area contributed by atoms with E-state index in [0.717, 1.165) is 30.6 Å². The Morgan fingerprint density at radius 1 is 1.19 bits per heavy atom. The number of piperidine rings is 1. The van der Waals surface area contributed by atoms with E-state index in [1.807, 2.05) is 0 Å². The Morgan fingerprint density at radius 3 is 2.57 bits per heavy atom. The average molecular weight is 288 g/mol. The molecule has 1 aromatic rings. The highest BCUT2D eigenvalue weighted by Crippen LogP contribution is 2.40. The Kier molecular flexibility index (Phi) is 4.05. The van der Waals surface area contributed by atoms with Gasteiger partial charge < -0.3 is 10.2 Å². The van der Waals surface area contributed by atoms with Crippen LogP contribution >= 0.6 is 0 Å². The maximum Gasteiger partial charge on any atom is 0.137 e. The molecule has 1 aliphatic carbocycles. The van der Waals surface area contributed by atoms with Crippen molar-refractivity contribution in [2.45, 2.75) is 65.3 Å². The van der Waals surface area contributed by atoms with Gasteiger partial charge in [-0.2, -0.15) is 0 Å². The number of aromatic nitrogens is 2. The highest BCUT2D eigenvalue weighted by molar-refractivity contribution is 5.59. The first-order valence-electron chi connectivity index (χ1n) is 8.49. The van der Waals surface area contributed by atoms with E-state index in [2.05, 4.69) is 37.9 Å². The monoisotopic (exact) mass is 288 g/mol. The van der Waals surface area contributed by atoms with Crippen molar-refractivity contribution in [1.29, 1.82) is 0 Å². The van der Waals surface area contributed by atoms with Crippen LogP contribution in [0.1, 0.15) is 63.8 Å². The van der Waals surface area contributed by atoms with E-state index < -0.39 is 0 Å². The van der Waals surface area contributed by atoms with Crippen LogP contribution in [0.2, 0.25) is 0 Å². The van der Waals surface area contributed by atoms with Gasteiger partial charge in [0.25, 0.3) is 0 Å². The van der Waals surface area contributed by atoms with Gasteiger partial charge in [-0.1, -0.05) is 6.92 Å². The Labute approximate surface area is 128 Å². The molecule has 1 saturated heterocycles. The summed E-state index contributed by atoms with van der Waals surface area (Å²) >= 11 is 0. The Hall–Kier alpha value is -1.32. The van der Waals surface area contributed by atoms with E-state index in [1.165, 1.54) is 37.1 Å². The van der Waals surface area contributed by atoms with E-state index in [4.69, 9.17) is 9.97 Å². The molecular weight excluding hydrogens is 260 g/mol. The Balaban J connectivity index is 1.95. The zero-order valence-corrected chi connectivity index (χ0v) is 13.8. The molecule has 0 spiro atoms. The SMILES string of the molecule is CCNc1nc(C2CC2)nc(N2CCC(C)CC2C)c1C. The molecule has 2 atom stereocenters. The molecule has 1 saturated carbocycles. The third-order valence-electron chi connectivity index (χ3n) is 4.83. The van der Waals surface area contributed by atoms with Gasteiger partial charge in [-0.3, -0.25) is 0 Å². The minimum absolute atomic E-state index is 0.573.